The lowest BCUT2D eigenvalue weighted by Crippen LogP contribution is -2.02. The zero-order valence-electron chi connectivity index (χ0n) is 20.1. The first-order valence-electron chi connectivity index (χ1n) is 11.6. The average Bonchev–Trinajstić information content (AvgIpc) is 2.88. The maximum atomic E-state index is 13.2. The number of hydrogen-bond donors (Lipinski definition) is 2. The monoisotopic (exact) mass is 457 g/mol. The number of phenolic OH excluding ortho intramolecular Hbond substituents is 1. The second kappa shape index (κ2) is 11.4. The molecule has 0 saturated carbocycles. The first-order chi connectivity index (χ1) is 16.5. The number of fused-ring (bicyclic) bond motifs is 1. The Kier molecular flexibility index (Phi) is 8.39. The SMILES string of the molecule is CC.CCc1ccc(C(=O)c2ccc3nc(OC)cc(-c4cccc(CCO)c4)c3c2)cc1O. The van der Waals surface area contributed by atoms with Crippen LogP contribution in [0.5, 0.6) is 11.6 Å². The minimum absolute atomic E-state index is 0.0756. The molecule has 0 radical (unpaired) electrons. The fourth-order valence-electron chi connectivity index (χ4n) is 3.88. The minimum atomic E-state index is -0.166. The van der Waals surface area contributed by atoms with E-state index in [1.807, 2.05) is 63.2 Å². The maximum Gasteiger partial charge on any atom is 0.214 e. The number of aliphatic hydroxyl groups excluding tert-OH is 1. The Balaban J connectivity index is 0.00000158. The largest absolute Gasteiger partial charge is 0.508 e. The van der Waals surface area contributed by atoms with Gasteiger partial charge in [0.05, 0.1) is 12.6 Å². The summed E-state index contributed by atoms with van der Waals surface area (Å²) < 4.78 is 5.40. The zero-order chi connectivity index (χ0) is 24.7. The van der Waals surface area contributed by atoms with E-state index in [0.29, 0.717) is 35.4 Å². The Labute approximate surface area is 200 Å². The molecule has 1 aromatic heterocycles. The van der Waals surface area contributed by atoms with Crippen LogP contribution in [-0.4, -0.2) is 34.7 Å². The van der Waals surface area contributed by atoms with E-state index in [1.165, 1.54) is 6.07 Å². The van der Waals surface area contributed by atoms with Crippen molar-refractivity contribution in [2.75, 3.05) is 13.7 Å². The molecule has 0 aliphatic heterocycles. The Bertz CT molecular complexity index is 1300. The van der Waals surface area contributed by atoms with Crippen LogP contribution in [0, 0.1) is 0 Å². The minimum Gasteiger partial charge on any atom is -0.508 e. The number of hydrogen-bond acceptors (Lipinski definition) is 5. The van der Waals surface area contributed by atoms with Crippen molar-refractivity contribution in [2.24, 2.45) is 0 Å². The van der Waals surface area contributed by atoms with E-state index in [0.717, 1.165) is 27.6 Å². The van der Waals surface area contributed by atoms with Crippen LogP contribution < -0.4 is 4.74 Å². The van der Waals surface area contributed by atoms with E-state index in [9.17, 15) is 15.0 Å². The molecule has 0 bridgehead atoms. The summed E-state index contributed by atoms with van der Waals surface area (Å²) in [6.45, 7) is 6.03. The van der Waals surface area contributed by atoms with Gasteiger partial charge in [0.2, 0.25) is 5.88 Å². The quantitative estimate of drug-likeness (QED) is 0.334. The van der Waals surface area contributed by atoms with Gasteiger partial charge in [-0.25, -0.2) is 4.98 Å². The van der Waals surface area contributed by atoms with Crippen LogP contribution in [0.25, 0.3) is 22.0 Å². The normalized spacial score (nSPS) is 10.5. The molecule has 2 N–H and O–H groups in total. The van der Waals surface area contributed by atoms with E-state index < -0.39 is 0 Å². The lowest BCUT2D eigenvalue weighted by molar-refractivity contribution is 0.103. The predicted octanol–water partition coefficient (Wildman–Crippen LogP) is 5.97. The molecule has 0 amide bonds. The standard InChI is InChI=1S/C27H25NO4.C2H6/c1-3-18-7-8-21(15-25(18)30)27(31)20-9-10-24-23(14-20)22(16-26(28-24)32-2)19-6-4-5-17(13-19)11-12-29;1-2/h4-10,13-16,29-30H,3,11-12H2,1-2H3;1-2H3. The van der Waals surface area contributed by atoms with Crippen molar-refractivity contribution < 1.29 is 19.7 Å². The number of nitrogens with zero attached hydrogens (tertiary/aromatic N) is 1. The van der Waals surface area contributed by atoms with Crippen LogP contribution in [0.2, 0.25) is 0 Å². The van der Waals surface area contributed by atoms with Crippen LogP contribution in [0.15, 0.2) is 66.7 Å². The summed E-state index contributed by atoms with van der Waals surface area (Å²) in [4.78, 5) is 17.7. The van der Waals surface area contributed by atoms with Gasteiger partial charge in [-0.15, -0.1) is 0 Å². The molecule has 0 spiro atoms. The van der Waals surface area contributed by atoms with Crippen LogP contribution in [-0.2, 0) is 12.8 Å². The van der Waals surface area contributed by atoms with Gasteiger partial charge in [-0.2, -0.15) is 0 Å². The van der Waals surface area contributed by atoms with Crippen LogP contribution in [0.1, 0.15) is 47.8 Å². The van der Waals surface area contributed by atoms with Crippen molar-refractivity contribution in [1.29, 1.82) is 0 Å². The molecule has 3 aromatic carbocycles. The van der Waals surface area contributed by atoms with Gasteiger partial charge in [0.1, 0.15) is 5.75 Å². The number of aliphatic hydroxyl groups is 1. The third kappa shape index (κ3) is 5.26. The molecular formula is C29H31NO4. The van der Waals surface area contributed by atoms with E-state index in [1.54, 1.807) is 25.3 Å². The van der Waals surface area contributed by atoms with Crippen LogP contribution in [0.4, 0.5) is 0 Å². The Morgan fingerprint density at radius 3 is 2.38 bits per heavy atom. The molecule has 4 aromatic rings. The summed E-state index contributed by atoms with van der Waals surface area (Å²) in [7, 11) is 1.57. The van der Waals surface area contributed by atoms with Crippen LogP contribution >= 0.6 is 0 Å². The molecular weight excluding hydrogens is 426 g/mol. The predicted molar refractivity (Wildman–Crippen MR) is 137 cm³/mol. The van der Waals surface area contributed by atoms with Crippen molar-refractivity contribution in [3.05, 3.63) is 89.0 Å². The number of pyridine rings is 1. The number of rotatable bonds is 7. The fraction of sp³-hybridized carbons (Fsp3) is 0.241. The molecule has 0 saturated heterocycles. The Hall–Kier alpha value is -3.70. The van der Waals surface area contributed by atoms with Crippen molar-refractivity contribution in [1.82, 2.24) is 4.98 Å². The number of ether oxygens (including phenoxy) is 1. The van der Waals surface area contributed by atoms with Gasteiger partial charge >= 0.3 is 0 Å². The lowest BCUT2D eigenvalue weighted by atomic mass is 9.95. The molecule has 5 nitrogen and oxygen atoms in total. The molecule has 176 valence electrons. The summed E-state index contributed by atoms with van der Waals surface area (Å²) in [6.07, 6.45) is 1.26. The average molecular weight is 458 g/mol. The third-order valence-electron chi connectivity index (χ3n) is 5.62. The van der Waals surface area contributed by atoms with Gasteiger partial charge < -0.3 is 14.9 Å². The zero-order valence-corrected chi connectivity index (χ0v) is 20.1. The molecule has 1 heterocycles. The van der Waals surface area contributed by atoms with E-state index in [-0.39, 0.29) is 18.1 Å². The first kappa shape index (κ1) is 24.9. The highest BCUT2D eigenvalue weighted by molar-refractivity contribution is 6.11. The van der Waals surface area contributed by atoms with Crippen molar-refractivity contribution in [3.8, 4) is 22.8 Å². The highest BCUT2D eigenvalue weighted by atomic mass is 16.5. The third-order valence-corrected chi connectivity index (χ3v) is 5.62. The number of benzene rings is 3. The summed E-state index contributed by atoms with van der Waals surface area (Å²) in [6, 6.07) is 20.3. The summed E-state index contributed by atoms with van der Waals surface area (Å²) >= 11 is 0. The van der Waals surface area contributed by atoms with E-state index in [2.05, 4.69) is 4.98 Å². The molecule has 34 heavy (non-hydrogen) atoms. The van der Waals surface area contributed by atoms with Gasteiger partial charge in [-0.3, -0.25) is 4.79 Å². The maximum absolute atomic E-state index is 13.2. The summed E-state index contributed by atoms with van der Waals surface area (Å²) in [5.74, 6) is 0.451. The molecule has 0 fully saturated rings. The van der Waals surface area contributed by atoms with Gasteiger partial charge in [-0.05, 0) is 59.4 Å². The number of carbonyl (C=O) groups excluding carboxylic acids is 1. The summed E-state index contributed by atoms with van der Waals surface area (Å²) in [5, 5.41) is 20.3. The molecule has 0 aliphatic rings. The molecule has 0 unspecified atom stereocenters. The van der Waals surface area contributed by atoms with Gasteiger partial charge in [0, 0.05) is 29.2 Å². The van der Waals surface area contributed by atoms with E-state index in [4.69, 9.17) is 4.74 Å². The number of methoxy groups -OCH3 is 1. The molecule has 4 rings (SSSR count). The molecule has 5 heteroatoms. The second-order valence-electron chi connectivity index (χ2n) is 7.64. The topological polar surface area (TPSA) is 79.7 Å². The smallest absolute Gasteiger partial charge is 0.214 e. The second-order valence-corrected chi connectivity index (χ2v) is 7.64. The van der Waals surface area contributed by atoms with Crippen LogP contribution in [0.3, 0.4) is 0 Å². The number of phenols is 1. The van der Waals surface area contributed by atoms with Gasteiger partial charge in [0.15, 0.2) is 5.78 Å². The number of aryl methyl sites for hydroxylation is 1. The summed E-state index contributed by atoms with van der Waals surface area (Å²) in [5.41, 5.74) is 5.34. The number of aromatic nitrogens is 1. The van der Waals surface area contributed by atoms with Gasteiger partial charge in [0.25, 0.3) is 0 Å². The Morgan fingerprint density at radius 2 is 1.71 bits per heavy atom. The lowest BCUT2D eigenvalue weighted by Gasteiger charge is -2.12. The van der Waals surface area contributed by atoms with Crippen molar-refractivity contribution in [3.63, 3.8) is 0 Å². The molecule has 0 atom stereocenters. The van der Waals surface area contributed by atoms with Gasteiger partial charge in [-0.1, -0.05) is 57.2 Å². The first-order valence-corrected chi connectivity index (χ1v) is 11.6. The number of aromatic hydroxyl groups is 1. The highest BCUT2D eigenvalue weighted by Gasteiger charge is 2.15. The fourth-order valence-corrected chi connectivity index (χ4v) is 3.88. The highest BCUT2D eigenvalue weighted by Crippen LogP contribution is 2.33. The molecule has 0 aliphatic carbocycles. The number of carbonyl (C=O) groups is 1. The number of ketones is 1. The Morgan fingerprint density at radius 1 is 0.971 bits per heavy atom. The van der Waals surface area contributed by atoms with Crippen molar-refractivity contribution >= 4 is 16.7 Å². The van der Waals surface area contributed by atoms with E-state index >= 15 is 0 Å². The van der Waals surface area contributed by atoms with Crippen molar-refractivity contribution in [2.45, 2.75) is 33.6 Å².